The lowest BCUT2D eigenvalue weighted by Gasteiger charge is -2.35. The van der Waals surface area contributed by atoms with Crippen molar-refractivity contribution in [2.45, 2.75) is 13.2 Å². The van der Waals surface area contributed by atoms with E-state index >= 15 is 0 Å². The second kappa shape index (κ2) is 10.5. The summed E-state index contributed by atoms with van der Waals surface area (Å²) in [4.78, 5) is 17.2. The summed E-state index contributed by atoms with van der Waals surface area (Å²) in [6, 6.07) is 23.1. The fourth-order valence-corrected chi connectivity index (χ4v) is 3.94. The minimum atomic E-state index is 0.0741. The van der Waals surface area contributed by atoms with Crippen LogP contribution < -0.4 is 9.47 Å². The Balaban J connectivity index is 1.27. The second-order valence-corrected chi connectivity index (χ2v) is 8.23. The molecule has 0 bridgehead atoms. The molecule has 0 aromatic heterocycles. The lowest BCUT2D eigenvalue weighted by atomic mass is 10.1. The minimum absolute atomic E-state index is 0.0741. The summed E-state index contributed by atoms with van der Waals surface area (Å²) < 4.78 is 11.0. The molecule has 1 amide bonds. The number of benzene rings is 3. The molecule has 0 radical (unpaired) electrons. The van der Waals surface area contributed by atoms with Crippen LogP contribution in [0, 0.1) is 0 Å². The Bertz CT molecular complexity index is 1030. The van der Waals surface area contributed by atoms with Gasteiger partial charge in [0.05, 0.1) is 7.11 Å². The molecule has 0 aliphatic carbocycles. The molecule has 5 nitrogen and oxygen atoms in total. The van der Waals surface area contributed by atoms with Crippen molar-refractivity contribution in [1.82, 2.24) is 9.80 Å². The smallest absolute Gasteiger partial charge is 0.253 e. The molecule has 1 aliphatic rings. The summed E-state index contributed by atoms with van der Waals surface area (Å²) in [7, 11) is 1.64. The highest BCUT2D eigenvalue weighted by Crippen LogP contribution is 2.20. The van der Waals surface area contributed by atoms with Crippen molar-refractivity contribution in [3.63, 3.8) is 0 Å². The van der Waals surface area contributed by atoms with E-state index in [1.807, 2.05) is 71.6 Å². The number of halogens is 1. The zero-order valence-corrected chi connectivity index (χ0v) is 18.9. The van der Waals surface area contributed by atoms with E-state index in [1.54, 1.807) is 7.11 Å². The van der Waals surface area contributed by atoms with Crippen LogP contribution in [0.5, 0.6) is 11.5 Å². The molecule has 0 N–H and O–H groups in total. The van der Waals surface area contributed by atoms with Crippen LogP contribution in [0.25, 0.3) is 0 Å². The van der Waals surface area contributed by atoms with Crippen molar-refractivity contribution in [1.29, 1.82) is 0 Å². The number of carbonyl (C=O) groups is 1. The van der Waals surface area contributed by atoms with Gasteiger partial charge in [-0.25, -0.2) is 0 Å². The van der Waals surface area contributed by atoms with Gasteiger partial charge in [-0.15, -0.1) is 0 Å². The number of nitrogens with zero attached hydrogens (tertiary/aromatic N) is 2. The number of hydrogen-bond donors (Lipinski definition) is 0. The van der Waals surface area contributed by atoms with Crippen LogP contribution in [0.15, 0.2) is 72.8 Å². The third kappa shape index (κ3) is 5.61. The Morgan fingerprint density at radius 1 is 0.875 bits per heavy atom. The molecule has 32 heavy (non-hydrogen) atoms. The van der Waals surface area contributed by atoms with Crippen molar-refractivity contribution in [3.05, 3.63) is 94.5 Å². The van der Waals surface area contributed by atoms with Crippen LogP contribution in [0.1, 0.15) is 21.5 Å². The quantitative estimate of drug-likeness (QED) is 0.514. The Labute approximate surface area is 194 Å². The van der Waals surface area contributed by atoms with E-state index in [4.69, 9.17) is 21.1 Å². The predicted molar refractivity (Wildman–Crippen MR) is 126 cm³/mol. The zero-order chi connectivity index (χ0) is 22.3. The lowest BCUT2D eigenvalue weighted by molar-refractivity contribution is 0.0628. The standard InChI is InChI=1S/C26H27ClN2O3/c1-31-23-10-12-24(13-11-23)32-19-20-6-8-21(9-7-20)26(30)29-16-14-28(15-17-29)18-22-4-2-3-5-25(22)27/h2-13H,14-19H2,1H3. The highest BCUT2D eigenvalue weighted by Gasteiger charge is 2.22. The summed E-state index contributed by atoms with van der Waals surface area (Å²) in [5.41, 5.74) is 2.85. The first-order valence-electron chi connectivity index (χ1n) is 10.7. The van der Waals surface area contributed by atoms with Gasteiger partial charge in [0.15, 0.2) is 0 Å². The van der Waals surface area contributed by atoms with Crippen molar-refractivity contribution >= 4 is 17.5 Å². The number of rotatable bonds is 7. The predicted octanol–water partition coefficient (Wildman–Crippen LogP) is 4.89. The minimum Gasteiger partial charge on any atom is -0.497 e. The molecule has 1 aliphatic heterocycles. The average Bonchev–Trinajstić information content (AvgIpc) is 2.85. The van der Waals surface area contributed by atoms with Crippen LogP contribution >= 0.6 is 11.6 Å². The lowest BCUT2D eigenvalue weighted by Crippen LogP contribution is -2.48. The van der Waals surface area contributed by atoms with Crippen molar-refractivity contribution in [2.75, 3.05) is 33.3 Å². The summed E-state index contributed by atoms with van der Waals surface area (Å²) in [5, 5.41) is 0.794. The highest BCUT2D eigenvalue weighted by atomic mass is 35.5. The monoisotopic (exact) mass is 450 g/mol. The molecule has 1 heterocycles. The number of methoxy groups -OCH3 is 1. The Hall–Kier alpha value is -3.02. The van der Waals surface area contributed by atoms with Gasteiger partial charge in [0.2, 0.25) is 0 Å². The Morgan fingerprint density at radius 2 is 1.53 bits per heavy atom. The van der Waals surface area contributed by atoms with Gasteiger partial charge in [-0.1, -0.05) is 41.9 Å². The topological polar surface area (TPSA) is 42.0 Å². The first-order chi connectivity index (χ1) is 15.6. The van der Waals surface area contributed by atoms with Crippen LogP contribution in [0.2, 0.25) is 5.02 Å². The van der Waals surface area contributed by atoms with Crippen molar-refractivity contribution in [2.24, 2.45) is 0 Å². The first-order valence-corrected chi connectivity index (χ1v) is 11.1. The third-order valence-corrected chi connectivity index (χ3v) is 6.05. The molecule has 0 atom stereocenters. The van der Waals surface area contributed by atoms with Gasteiger partial charge < -0.3 is 14.4 Å². The van der Waals surface area contributed by atoms with E-state index in [0.29, 0.717) is 25.3 Å². The normalized spacial score (nSPS) is 14.2. The third-order valence-electron chi connectivity index (χ3n) is 5.68. The zero-order valence-electron chi connectivity index (χ0n) is 18.2. The van der Waals surface area contributed by atoms with E-state index in [9.17, 15) is 4.79 Å². The van der Waals surface area contributed by atoms with E-state index in [-0.39, 0.29) is 5.91 Å². The fraction of sp³-hybridized carbons (Fsp3) is 0.269. The van der Waals surface area contributed by atoms with Gasteiger partial charge >= 0.3 is 0 Å². The fourth-order valence-electron chi connectivity index (χ4n) is 3.74. The second-order valence-electron chi connectivity index (χ2n) is 7.82. The average molecular weight is 451 g/mol. The Morgan fingerprint density at radius 3 is 2.19 bits per heavy atom. The van der Waals surface area contributed by atoms with Gasteiger partial charge in [-0.2, -0.15) is 0 Å². The van der Waals surface area contributed by atoms with Gasteiger partial charge in [0.25, 0.3) is 5.91 Å². The summed E-state index contributed by atoms with van der Waals surface area (Å²) in [6.45, 7) is 4.36. The van der Waals surface area contributed by atoms with Gasteiger partial charge in [0.1, 0.15) is 18.1 Å². The molecular weight excluding hydrogens is 424 g/mol. The van der Waals surface area contributed by atoms with E-state index in [1.165, 1.54) is 0 Å². The summed E-state index contributed by atoms with van der Waals surface area (Å²) >= 11 is 6.28. The number of ether oxygens (including phenoxy) is 2. The van der Waals surface area contributed by atoms with Crippen molar-refractivity contribution < 1.29 is 14.3 Å². The van der Waals surface area contributed by atoms with E-state index in [0.717, 1.165) is 47.3 Å². The van der Waals surface area contributed by atoms with Gasteiger partial charge in [0, 0.05) is 43.3 Å². The van der Waals surface area contributed by atoms with Gasteiger partial charge in [-0.3, -0.25) is 9.69 Å². The number of hydrogen-bond acceptors (Lipinski definition) is 4. The molecule has 6 heteroatoms. The van der Waals surface area contributed by atoms with E-state index in [2.05, 4.69) is 11.0 Å². The summed E-state index contributed by atoms with van der Waals surface area (Å²) in [6.07, 6.45) is 0. The maximum atomic E-state index is 12.9. The number of piperazine rings is 1. The SMILES string of the molecule is COc1ccc(OCc2ccc(C(=O)N3CCN(Cc4ccccc4Cl)CC3)cc2)cc1. The molecule has 166 valence electrons. The molecule has 3 aromatic rings. The molecule has 0 saturated carbocycles. The van der Waals surface area contributed by atoms with Crippen LogP contribution in [0.4, 0.5) is 0 Å². The van der Waals surface area contributed by atoms with Crippen LogP contribution in [-0.2, 0) is 13.2 Å². The van der Waals surface area contributed by atoms with Crippen LogP contribution in [0.3, 0.4) is 0 Å². The van der Waals surface area contributed by atoms with Crippen molar-refractivity contribution in [3.8, 4) is 11.5 Å². The van der Waals surface area contributed by atoms with Gasteiger partial charge in [-0.05, 0) is 53.6 Å². The number of carbonyl (C=O) groups excluding carboxylic acids is 1. The largest absolute Gasteiger partial charge is 0.497 e. The molecule has 1 saturated heterocycles. The van der Waals surface area contributed by atoms with E-state index < -0.39 is 0 Å². The first kappa shape index (κ1) is 22.2. The number of amides is 1. The highest BCUT2D eigenvalue weighted by molar-refractivity contribution is 6.31. The maximum Gasteiger partial charge on any atom is 0.253 e. The maximum absolute atomic E-state index is 12.9. The molecular formula is C26H27ClN2O3. The molecule has 0 unspecified atom stereocenters. The molecule has 4 rings (SSSR count). The summed E-state index contributed by atoms with van der Waals surface area (Å²) in [5.74, 6) is 1.65. The molecule has 0 spiro atoms. The van der Waals surface area contributed by atoms with Crippen LogP contribution in [-0.4, -0.2) is 49.0 Å². The molecule has 3 aromatic carbocycles. The Kier molecular flexibility index (Phi) is 7.30. The molecule has 1 fully saturated rings.